The van der Waals surface area contributed by atoms with E-state index in [9.17, 15) is 14.4 Å². The Morgan fingerprint density at radius 2 is 1.51 bits per heavy atom. The predicted octanol–water partition coefficient (Wildman–Crippen LogP) is 6.63. The molecule has 0 saturated carbocycles. The highest BCUT2D eigenvalue weighted by molar-refractivity contribution is 6.12. The van der Waals surface area contributed by atoms with Crippen molar-refractivity contribution in [2.24, 2.45) is 0 Å². The van der Waals surface area contributed by atoms with Crippen LogP contribution in [0.25, 0.3) is 0 Å². The van der Waals surface area contributed by atoms with E-state index in [0.717, 1.165) is 16.8 Å². The van der Waals surface area contributed by atoms with Gasteiger partial charge in [0, 0.05) is 41.9 Å². The molecular weight excluding hydrogens is 540 g/mol. The molecule has 1 atom stereocenters. The monoisotopic (exact) mass is 578 g/mol. The second-order valence-corrected chi connectivity index (χ2v) is 10.2. The van der Waals surface area contributed by atoms with Crippen LogP contribution in [-0.2, 0) is 20.7 Å². The molecule has 43 heavy (non-hydrogen) atoms. The maximum atomic E-state index is 13.2. The zero-order chi connectivity index (χ0) is 30.6. The Labute approximate surface area is 253 Å². The van der Waals surface area contributed by atoms with E-state index in [0.29, 0.717) is 55.0 Å². The maximum Gasteiger partial charge on any atom is 0.328 e. The number of carbonyl (C=O) groups excluding carboxylic acids is 3. The number of ketones is 1. The third-order valence-corrected chi connectivity index (χ3v) is 7.19. The first-order valence-corrected chi connectivity index (χ1v) is 14.5. The number of rotatable bonds is 14. The number of esters is 1. The van der Waals surface area contributed by atoms with Crippen molar-refractivity contribution < 1.29 is 23.9 Å². The van der Waals surface area contributed by atoms with Crippen LogP contribution in [0.4, 0.5) is 11.4 Å². The molecule has 0 aliphatic carbocycles. The fraction of sp³-hybridized carbons (Fsp3) is 0.250. The molecule has 0 bridgehead atoms. The second-order valence-electron chi connectivity index (χ2n) is 10.2. The number of nitrogens with one attached hydrogen (secondary N) is 1. The molecule has 0 aliphatic rings. The minimum absolute atomic E-state index is 0.0828. The van der Waals surface area contributed by atoms with E-state index in [1.165, 1.54) is 7.11 Å². The van der Waals surface area contributed by atoms with Crippen molar-refractivity contribution in [3.8, 4) is 5.75 Å². The Kier molecular flexibility index (Phi) is 11.1. The Morgan fingerprint density at radius 3 is 2.21 bits per heavy atom. The van der Waals surface area contributed by atoms with Crippen LogP contribution in [0.5, 0.6) is 5.75 Å². The summed E-state index contributed by atoms with van der Waals surface area (Å²) < 4.78 is 11.0. The van der Waals surface area contributed by atoms with E-state index in [2.05, 4.69) is 5.32 Å². The van der Waals surface area contributed by atoms with Crippen molar-refractivity contribution in [1.29, 1.82) is 0 Å². The number of hydrogen-bond donors (Lipinski definition) is 1. The molecule has 0 aliphatic heterocycles. The number of anilines is 2. The highest BCUT2D eigenvalue weighted by Crippen LogP contribution is 2.23. The van der Waals surface area contributed by atoms with Gasteiger partial charge in [0.05, 0.1) is 13.7 Å². The first kappa shape index (κ1) is 31.0. The average molecular weight is 579 g/mol. The minimum atomic E-state index is -0.704. The Hall–Kier alpha value is -4.91. The Bertz CT molecular complexity index is 1520. The number of carbonyl (C=O) groups is 3. The SMILES string of the molecule is CCC(=O)N(CCCOc1ccc(C[C@H](Nc2ccccc2C(=O)c2ccccc2)C(=O)OC)cc1)c1ccccc1C. The lowest BCUT2D eigenvalue weighted by atomic mass is 10.00. The summed E-state index contributed by atoms with van der Waals surface area (Å²) in [5, 5.41) is 3.24. The third kappa shape index (κ3) is 8.32. The van der Waals surface area contributed by atoms with Crippen LogP contribution in [0.3, 0.4) is 0 Å². The zero-order valence-corrected chi connectivity index (χ0v) is 24.9. The minimum Gasteiger partial charge on any atom is -0.494 e. The number of para-hydroxylation sites is 2. The van der Waals surface area contributed by atoms with Crippen LogP contribution < -0.4 is 15.0 Å². The van der Waals surface area contributed by atoms with Gasteiger partial charge < -0.3 is 19.7 Å². The summed E-state index contributed by atoms with van der Waals surface area (Å²) in [4.78, 5) is 40.3. The van der Waals surface area contributed by atoms with Gasteiger partial charge in [-0.15, -0.1) is 0 Å². The molecule has 0 saturated heterocycles. The molecule has 7 heteroatoms. The molecule has 4 aromatic rings. The van der Waals surface area contributed by atoms with E-state index in [-0.39, 0.29) is 11.7 Å². The van der Waals surface area contributed by atoms with Crippen LogP contribution in [0.1, 0.15) is 46.8 Å². The fourth-order valence-electron chi connectivity index (χ4n) is 4.88. The molecule has 0 radical (unpaired) electrons. The summed E-state index contributed by atoms with van der Waals surface area (Å²) in [7, 11) is 1.35. The van der Waals surface area contributed by atoms with Gasteiger partial charge in [0.2, 0.25) is 5.91 Å². The number of ether oxygens (including phenoxy) is 2. The summed E-state index contributed by atoms with van der Waals surface area (Å²) in [5.74, 6) is 0.228. The van der Waals surface area contributed by atoms with Crippen LogP contribution in [0, 0.1) is 6.92 Å². The fourth-order valence-corrected chi connectivity index (χ4v) is 4.88. The molecule has 1 amide bonds. The van der Waals surface area contributed by atoms with Crippen LogP contribution in [0.15, 0.2) is 103 Å². The standard InChI is InChI=1S/C36H38N2O5/c1-4-34(39)38(33-18-11-8-13-26(33)2)23-12-24-43-29-21-19-27(20-22-29)25-32(36(41)42-3)37-31-17-10-9-16-30(31)35(40)28-14-6-5-7-15-28/h5-11,13-22,32,37H,4,12,23-25H2,1-3H3/t32-/m0/s1. The number of aryl methyl sites for hydroxylation is 1. The third-order valence-electron chi connectivity index (χ3n) is 7.19. The lowest BCUT2D eigenvalue weighted by Gasteiger charge is -2.24. The first-order chi connectivity index (χ1) is 20.9. The Morgan fingerprint density at radius 1 is 0.837 bits per heavy atom. The van der Waals surface area contributed by atoms with E-state index in [1.807, 2.05) is 91.5 Å². The van der Waals surface area contributed by atoms with Gasteiger partial charge in [-0.1, -0.05) is 79.7 Å². The molecule has 222 valence electrons. The molecule has 4 rings (SSSR count). The van der Waals surface area contributed by atoms with E-state index < -0.39 is 12.0 Å². The largest absolute Gasteiger partial charge is 0.494 e. The zero-order valence-electron chi connectivity index (χ0n) is 24.9. The van der Waals surface area contributed by atoms with Crippen molar-refractivity contribution >= 4 is 29.0 Å². The molecular formula is C36H38N2O5. The number of amides is 1. The molecule has 0 heterocycles. The summed E-state index contributed by atoms with van der Waals surface area (Å²) in [6, 6.07) is 30.9. The van der Waals surface area contributed by atoms with Gasteiger partial charge in [-0.25, -0.2) is 4.79 Å². The first-order valence-electron chi connectivity index (χ1n) is 14.5. The highest BCUT2D eigenvalue weighted by atomic mass is 16.5. The number of benzene rings is 4. The topological polar surface area (TPSA) is 84.9 Å². The second kappa shape index (κ2) is 15.4. The molecule has 0 unspecified atom stereocenters. The summed E-state index contributed by atoms with van der Waals surface area (Å²) in [6.45, 7) is 4.90. The van der Waals surface area contributed by atoms with Gasteiger partial charge in [-0.3, -0.25) is 9.59 Å². The van der Waals surface area contributed by atoms with Gasteiger partial charge in [-0.05, 0) is 54.8 Å². The van der Waals surface area contributed by atoms with E-state index in [4.69, 9.17) is 9.47 Å². The molecule has 0 spiro atoms. The van der Waals surface area contributed by atoms with E-state index in [1.54, 1.807) is 30.3 Å². The number of hydrogen-bond acceptors (Lipinski definition) is 6. The quantitative estimate of drug-likeness (QED) is 0.103. The lowest BCUT2D eigenvalue weighted by molar-refractivity contribution is -0.141. The normalized spacial score (nSPS) is 11.3. The van der Waals surface area contributed by atoms with Crippen LogP contribution in [-0.4, -0.2) is 44.0 Å². The van der Waals surface area contributed by atoms with Gasteiger partial charge in [0.25, 0.3) is 0 Å². The van der Waals surface area contributed by atoms with Gasteiger partial charge in [0.1, 0.15) is 11.8 Å². The molecule has 7 nitrogen and oxygen atoms in total. The highest BCUT2D eigenvalue weighted by Gasteiger charge is 2.23. The summed E-state index contributed by atoms with van der Waals surface area (Å²) in [6.07, 6.45) is 1.47. The van der Waals surface area contributed by atoms with Crippen molar-refractivity contribution in [3.63, 3.8) is 0 Å². The molecule has 4 aromatic carbocycles. The number of nitrogens with zero attached hydrogens (tertiary/aromatic N) is 1. The van der Waals surface area contributed by atoms with Gasteiger partial charge >= 0.3 is 5.97 Å². The summed E-state index contributed by atoms with van der Waals surface area (Å²) >= 11 is 0. The van der Waals surface area contributed by atoms with Gasteiger partial charge in [0.15, 0.2) is 5.78 Å². The van der Waals surface area contributed by atoms with Crippen molar-refractivity contribution in [1.82, 2.24) is 0 Å². The van der Waals surface area contributed by atoms with Crippen molar-refractivity contribution in [2.45, 2.75) is 39.2 Å². The van der Waals surface area contributed by atoms with Crippen molar-refractivity contribution in [2.75, 3.05) is 30.5 Å². The van der Waals surface area contributed by atoms with E-state index >= 15 is 0 Å². The van der Waals surface area contributed by atoms with Gasteiger partial charge in [-0.2, -0.15) is 0 Å². The maximum absolute atomic E-state index is 13.2. The molecule has 1 N–H and O–H groups in total. The predicted molar refractivity (Wildman–Crippen MR) is 170 cm³/mol. The Balaban J connectivity index is 1.37. The van der Waals surface area contributed by atoms with Crippen molar-refractivity contribution in [3.05, 3.63) is 125 Å². The van der Waals surface area contributed by atoms with Crippen LogP contribution >= 0.6 is 0 Å². The molecule has 0 fully saturated rings. The number of methoxy groups -OCH3 is 1. The van der Waals surface area contributed by atoms with Crippen LogP contribution in [0.2, 0.25) is 0 Å². The smallest absolute Gasteiger partial charge is 0.328 e. The average Bonchev–Trinajstić information content (AvgIpc) is 3.05. The molecule has 0 aromatic heterocycles. The lowest BCUT2D eigenvalue weighted by Crippen LogP contribution is -2.33. The summed E-state index contributed by atoms with van der Waals surface area (Å²) in [5.41, 5.74) is 4.51.